The van der Waals surface area contributed by atoms with Gasteiger partial charge in [-0.1, -0.05) is 12.1 Å². The number of rotatable bonds is 6. The number of aromatic nitrogens is 6. The van der Waals surface area contributed by atoms with Crippen LogP contribution in [0.4, 0.5) is 11.5 Å². The summed E-state index contributed by atoms with van der Waals surface area (Å²) >= 11 is 0. The topological polar surface area (TPSA) is 103 Å². The van der Waals surface area contributed by atoms with Gasteiger partial charge in [0.2, 0.25) is 0 Å². The summed E-state index contributed by atoms with van der Waals surface area (Å²) in [5, 5.41) is 8.07. The van der Waals surface area contributed by atoms with Crippen LogP contribution >= 0.6 is 0 Å². The zero-order valence-corrected chi connectivity index (χ0v) is 21.7. The Bertz CT molecular complexity index is 1480. The van der Waals surface area contributed by atoms with Crippen LogP contribution in [0.3, 0.4) is 0 Å². The van der Waals surface area contributed by atoms with Crippen LogP contribution < -0.4 is 5.32 Å². The van der Waals surface area contributed by atoms with E-state index in [0.29, 0.717) is 23.5 Å². The van der Waals surface area contributed by atoms with Gasteiger partial charge in [-0.15, -0.1) is 0 Å². The van der Waals surface area contributed by atoms with E-state index >= 15 is 0 Å². The molecule has 1 aliphatic carbocycles. The fourth-order valence-corrected chi connectivity index (χ4v) is 5.24. The molecule has 10 heteroatoms. The number of hydrogen-bond acceptors (Lipinski definition) is 8. The highest BCUT2D eigenvalue weighted by atomic mass is 16.5. The zero-order chi connectivity index (χ0) is 25.7. The molecule has 2 aliphatic rings. The number of imidazole rings is 1. The predicted octanol–water partition coefficient (Wildman–Crippen LogP) is 4.21. The first kappa shape index (κ1) is 23.6. The Morgan fingerprint density at radius 3 is 2.62 bits per heavy atom. The van der Waals surface area contributed by atoms with Gasteiger partial charge in [-0.3, -0.25) is 4.68 Å². The van der Waals surface area contributed by atoms with Crippen molar-refractivity contribution < 1.29 is 9.53 Å². The first-order valence-electron chi connectivity index (χ1n) is 12.8. The molecule has 1 saturated heterocycles. The third kappa shape index (κ3) is 4.25. The summed E-state index contributed by atoms with van der Waals surface area (Å²) < 4.78 is 9.20. The van der Waals surface area contributed by atoms with Gasteiger partial charge in [0.1, 0.15) is 0 Å². The smallest absolute Gasteiger partial charge is 0.360 e. The van der Waals surface area contributed by atoms with Crippen LogP contribution in [-0.4, -0.2) is 67.4 Å². The van der Waals surface area contributed by atoms with E-state index in [0.717, 1.165) is 72.4 Å². The summed E-state index contributed by atoms with van der Waals surface area (Å²) in [4.78, 5) is 29.8. The zero-order valence-electron chi connectivity index (χ0n) is 21.7. The molecule has 4 aromatic rings. The molecule has 37 heavy (non-hydrogen) atoms. The Hall–Kier alpha value is -3.79. The second-order valence-electron chi connectivity index (χ2n) is 10.2. The summed E-state index contributed by atoms with van der Waals surface area (Å²) in [6.45, 7) is 4.16. The van der Waals surface area contributed by atoms with Crippen molar-refractivity contribution in [3.63, 3.8) is 0 Å². The maximum absolute atomic E-state index is 12.9. The first-order chi connectivity index (χ1) is 17.9. The number of aryl methyl sites for hydroxylation is 1. The highest BCUT2D eigenvalue weighted by Crippen LogP contribution is 2.45. The van der Waals surface area contributed by atoms with E-state index in [1.807, 2.05) is 36.0 Å². The predicted molar refractivity (Wildman–Crippen MR) is 141 cm³/mol. The van der Waals surface area contributed by atoms with Crippen molar-refractivity contribution in [2.75, 3.05) is 32.6 Å². The molecule has 0 bridgehead atoms. The average molecular weight is 501 g/mol. The van der Waals surface area contributed by atoms with Gasteiger partial charge in [0.15, 0.2) is 11.5 Å². The Labute approximate surface area is 215 Å². The molecular weight excluding hydrogens is 468 g/mol. The van der Waals surface area contributed by atoms with E-state index in [1.165, 1.54) is 7.11 Å². The molecule has 0 unspecified atom stereocenters. The Morgan fingerprint density at radius 1 is 1.11 bits per heavy atom. The number of carbonyl (C=O) groups excluding carboxylic acids is 1. The lowest BCUT2D eigenvalue weighted by molar-refractivity contribution is 0.0595. The molecule has 6 rings (SSSR count). The number of carbonyl (C=O) groups is 1. The van der Waals surface area contributed by atoms with E-state index in [2.05, 4.69) is 39.0 Å². The fraction of sp³-hybridized carbons (Fsp3) is 0.444. The number of anilines is 2. The molecule has 1 N–H and O–H groups in total. The minimum absolute atomic E-state index is 0.154. The number of likely N-dealkylation sites (tertiary alicyclic amines) is 1. The normalized spacial score (nSPS) is 16.9. The molecule has 1 saturated carbocycles. The van der Waals surface area contributed by atoms with Crippen LogP contribution in [-0.2, 0) is 11.8 Å². The van der Waals surface area contributed by atoms with Crippen LogP contribution in [0.2, 0.25) is 0 Å². The second-order valence-corrected chi connectivity index (χ2v) is 10.2. The minimum atomic E-state index is -0.535. The van der Waals surface area contributed by atoms with E-state index in [1.54, 1.807) is 6.33 Å². The van der Waals surface area contributed by atoms with Gasteiger partial charge in [-0.05, 0) is 58.8 Å². The number of fused-ring (bicyclic) bond motifs is 1. The van der Waals surface area contributed by atoms with Crippen LogP contribution in [0.25, 0.3) is 22.3 Å². The fourth-order valence-electron chi connectivity index (χ4n) is 5.24. The average Bonchev–Trinajstić information content (AvgIpc) is 3.61. The number of para-hydroxylation sites is 1. The number of ether oxygens (including phenoxy) is 1. The molecule has 2 fully saturated rings. The summed E-state index contributed by atoms with van der Waals surface area (Å²) in [5.74, 6) is 0.167. The van der Waals surface area contributed by atoms with Crippen LogP contribution in [0.15, 0.2) is 30.7 Å². The molecule has 3 aromatic heterocycles. The molecule has 0 atom stereocenters. The highest BCUT2D eigenvalue weighted by molar-refractivity contribution is 5.96. The van der Waals surface area contributed by atoms with Crippen LogP contribution in [0.5, 0.6) is 0 Å². The Balaban J connectivity index is 1.42. The third-order valence-corrected chi connectivity index (χ3v) is 7.61. The lowest BCUT2D eigenvalue weighted by Crippen LogP contribution is -2.32. The molecule has 4 heterocycles. The van der Waals surface area contributed by atoms with Gasteiger partial charge in [0.25, 0.3) is 0 Å². The summed E-state index contributed by atoms with van der Waals surface area (Å²) in [7, 11) is 5.49. The number of benzene rings is 1. The number of piperidine rings is 1. The van der Waals surface area contributed by atoms with Gasteiger partial charge in [0.05, 0.1) is 59.5 Å². The molecule has 10 nitrogen and oxygen atoms in total. The molecule has 0 spiro atoms. The highest BCUT2D eigenvalue weighted by Gasteiger charge is 2.33. The van der Waals surface area contributed by atoms with E-state index in [-0.39, 0.29) is 5.69 Å². The molecule has 1 aromatic carbocycles. The maximum atomic E-state index is 12.9. The van der Waals surface area contributed by atoms with Gasteiger partial charge >= 0.3 is 5.97 Å². The summed E-state index contributed by atoms with van der Waals surface area (Å²) in [6.07, 6.45) is 7.82. The standard InChI is InChI=1S/C27H32N8O2/c1-16-20(14-29-35(16)18-10-12-33(2)13-11-18)30-26-25(27(36)37-4)31-24(22(32-26)17-8-9-17)19-6-5-7-21-23(19)28-15-34(21)3/h5-7,14-15,17-18H,8-13H2,1-4H3,(H,30,32). The van der Waals surface area contributed by atoms with E-state index in [9.17, 15) is 4.79 Å². The lowest BCUT2D eigenvalue weighted by Gasteiger charge is -2.29. The monoisotopic (exact) mass is 500 g/mol. The van der Waals surface area contributed by atoms with Crippen molar-refractivity contribution in [1.82, 2.24) is 34.2 Å². The Morgan fingerprint density at radius 2 is 1.89 bits per heavy atom. The van der Waals surface area contributed by atoms with Gasteiger partial charge in [0, 0.05) is 18.5 Å². The first-order valence-corrected chi connectivity index (χ1v) is 12.8. The lowest BCUT2D eigenvalue weighted by atomic mass is 10.0. The van der Waals surface area contributed by atoms with Crippen molar-refractivity contribution in [2.24, 2.45) is 7.05 Å². The number of hydrogen-bond donors (Lipinski definition) is 1. The number of methoxy groups -OCH3 is 1. The molecular formula is C27H32N8O2. The minimum Gasteiger partial charge on any atom is -0.464 e. The van der Waals surface area contributed by atoms with Crippen molar-refractivity contribution in [1.29, 1.82) is 0 Å². The van der Waals surface area contributed by atoms with E-state index < -0.39 is 5.97 Å². The summed E-state index contributed by atoms with van der Waals surface area (Å²) in [5.41, 5.74) is 6.27. The quantitative estimate of drug-likeness (QED) is 0.393. The van der Waals surface area contributed by atoms with E-state index in [4.69, 9.17) is 14.7 Å². The summed E-state index contributed by atoms with van der Waals surface area (Å²) in [6, 6.07) is 6.37. The molecule has 0 amide bonds. The second kappa shape index (κ2) is 9.26. The van der Waals surface area contributed by atoms with Crippen molar-refractivity contribution >= 4 is 28.5 Å². The SMILES string of the molecule is COC(=O)c1nc(-c2cccc3c2ncn3C)c(C2CC2)nc1Nc1cnn(C2CCN(C)CC2)c1C. The third-order valence-electron chi connectivity index (χ3n) is 7.61. The largest absolute Gasteiger partial charge is 0.464 e. The molecule has 0 radical (unpaired) electrons. The van der Waals surface area contributed by atoms with Crippen LogP contribution in [0, 0.1) is 6.92 Å². The number of nitrogens with one attached hydrogen (secondary N) is 1. The van der Waals surface area contributed by atoms with Crippen molar-refractivity contribution in [3.8, 4) is 11.3 Å². The maximum Gasteiger partial charge on any atom is 0.360 e. The van der Waals surface area contributed by atoms with Crippen LogP contribution in [0.1, 0.15) is 59.5 Å². The van der Waals surface area contributed by atoms with Gasteiger partial charge in [-0.25, -0.2) is 19.7 Å². The number of nitrogens with zero attached hydrogens (tertiary/aromatic N) is 7. The number of esters is 1. The van der Waals surface area contributed by atoms with Gasteiger partial charge in [-0.2, -0.15) is 5.10 Å². The van der Waals surface area contributed by atoms with Gasteiger partial charge < -0.3 is 19.5 Å². The van der Waals surface area contributed by atoms with Crippen molar-refractivity contribution in [3.05, 3.63) is 47.8 Å². The molecule has 1 aliphatic heterocycles. The Kier molecular flexibility index (Phi) is 5.91. The van der Waals surface area contributed by atoms with Crippen molar-refractivity contribution in [2.45, 2.75) is 44.6 Å². The molecule has 192 valence electrons.